The number of fused-ring (bicyclic) bond motifs is 3. The summed E-state index contributed by atoms with van der Waals surface area (Å²) in [5.74, 6) is 0. The zero-order chi connectivity index (χ0) is 17.9. The Hall–Kier alpha value is -2.27. The molecule has 136 valence electrons. The number of para-hydroxylation sites is 1. The highest BCUT2D eigenvalue weighted by molar-refractivity contribution is 5.90. The van der Waals surface area contributed by atoms with Gasteiger partial charge in [-0.25, -0.2) is 4.79 Å². The molecule has 0 bridgehead atoms. The first-order chi connectivity index (χ1) is 12.6. The first-order valence-electron chi connectivity index (χ1n) is 9.65. The number of rotatable bonds is 3. The lowest BCUT2D eigenvalue weighted by molar-refractivity contribution is 0.0262. The summed E-state index contributed by atoms with van der Waals surface area (Å²) in [5.41, 5.74) is 10.6. The van der Waals surface area contributed by atoms with Crippen molar-refractivity contribution in [3.8, 4) is 0 Å². The summed E-state index contributed by atoms with van der Waals surface area (Å²) in [6.07, 6.45) is 6.26. The van der Waals surface area contributed by atoms with Gasteiger partial charge in [0.05, 0.1) is 17.3 Å². The van der Waals surface area contributed by atoms with Gasteiger partial charge >= 0.3 is 6.09 Å². The molecular formula is C21H25N3O2. The number of nitrogens with two attached hydrogens (primary N) is 1. The van der Waals surface area contributed by atoms with Crippen LogP contribution in [0.5, 0.6) is 0 Å². The fraction of sp³-hybridized carbons (Fsp3) is 0.476. The van der Waals surface area contributed by atoms with E-state index in [4.69, 9.17) is 10.5 Å². The molecule has 0 unspecified atom stereocenters. The van der Waals surface area contributed by atoms with Crippen molar-refractivity contribution in [2.75, 3.05) is 19.7 Å². The molecule has 3 aliphatic heterocycles. The zero-order valence-electron chi connectivity index (χ0n) is 15.2. The van der Waals surface area contributed by atoms with E-state index >= 15 is 0 Å². The second-order valence-corrected chi connectivity index (χ2v) is 7.84. The molecule has 5 rings (SSSR count). The van der Waals surface area contributed by atoms with Crippen LogP contribution in [0.4, 0.5) is 4.79 Å². The van der Waals surface area contributed by atoms with Crippen LogP contribution in [0.25, 0.3) is 16.6 Å². The third-order valence-corrected chi connectivity index (χ3v) is 6.69. The molecule has 1 aromatic heterocycles. The van der Waals surface area contributed by atoms with Crippen molar-refractivity contribution in [3.05, 3.63) is 41.6 Å². The van der Waals surface area contributed by atoms with E-state index in [1.54, 1.807) is 0 Å². The van der Waals surface area contributed by atoms with Gasteiger partial charge in [0.15, 0.2) is 0 Å². The number of primary amides is 1. The fourth-order valence-corrected chi connectivity index (χ4v) is 5.64. The Balaban J connectivity index is 1.79. The summed E-state index contributed by atoms with van der Waals surface area (Å²) in [5, 5.41) is 1.34. The lowest BCUT2D eigenvalue weighted by atomic mass is 9.66. The van der Waals surface area contributed by atoms with Crippen molar-refractivity contribution >= 4 is 22.7 Å². The summed E-state index contributed by atoms with van der Waals surface area (Å²) in [6, 6.07) is 9.04. The molecule has 3 aliphatic rings. The van der Waals surface area contributed by atoms with Gasteiger partial charge in [0.25, 0.3) is 0 Å². The van der Waals surface area contributed by atoms with Crippen molar-refractivity contribution in [2.45, 2.75) is 38.6 Å². The quantitative estimate of drug-likeness (QED) is 0.917. The minimum atomic E-state index is -0.714. The first kappa shape index (κ1) is 15.9. The van der Waals surface area contributed by atoms with Crippen LogP contribution in [0, 0.1) is 5.41 Å². The topological polar surface area (TPSA) is 60.5 Å². The lowest BCUT2D eigenvalue weighted by Gasteiger charge is -2.53. The molecule has 1 aromatic carbocycles. The zero-order valence-corrected chi connectivity index (χ0v) is 15.2. The number of hydrogen-bond acceptors (Lipinski definition) is 3. The van der Waals surface area contributed by atoms with Crippen molar-refractivity contribution in [1.82, 2.24) is 9.47 Å². The van der Waals surface area contributed by atoms with E-state index in [2.05, 4.69) is 46.7 Å². The van der Waals surface area contributed by atoms with Crippen LogP contribution in [0.3, 0.4) is 0 Å². The van der Waals surface area contributed by atoms with Gasteiger partial charge in [-0.05, 0) is 43.9 Å². The van der Waals surface area contributed by atoms with Crippen LogP contribution in [0.1, 0.15) is 43.5 Å². The van der Waals surface area contributed by atoms with E-state index in [0.29, 0.717) is 6.04 Å². The molecule has 1 fully saturated rings. The molecule has 2 atom stereocenters. The van der Waals surface area contributed by atoms with E-state index in [1.165, 1.54) is 41.5 Å². The number of benzene rings is 1. The molecule has 0 saturated carbocycles. The maximum absolute atomic E-state index is 11.3. The number of hydrogen-bond donors (Lipinski definition) is 1. The Morgan fingerprint density at radius 1 is 1.35 bits per heavy atom. The van der Waals surface area contributed by atoms with Crippen LogP contribution < -0.4 is 5.73 Å². The van der Waals surface area contributed by atoms with Crippen LogP contribution in [-0.4, -0.2) is 35.3 Å². The van der Waals surface area contributed by atoms with E-state index < -0.39 is 6.09 Å². The van der Waals surface area contributed by atoms with Gasteiger partial charge in [0.2, 0.25) is 0 Å². The van der Waals surface area contributed by atoms with Gasteiger partial charge in [-0.3, -0.25) is 4.90 Å². The summed E-state index contributed by atoms with van der Waals surface area (Å²) in [4.78, 5) is 13.9. The molecular weight excluding hydrogens is 326 g/mol. The van der Waals surface area contributed by atoms with Crippen molar-refractivity contribution in [3.63, 3.8) is 0 Å². The Morgan fingerprint density at radius 2 is 2.19 bits per heavy atom. The molecule has 5 heteroatoms. The molecule has 1 amide bonds. The normalized spacial score (nSPS) is 27.1. The van der Waals surface area contributed by atoms with Crippen molar-refractivity contribution < 1.29 is 9.53 Å². The summed E-state index contributed by atoms with van der Waals surface area (Å²) < 4.78 is 7.60. The smallest absolute Gasteiger partial charge is 0.404 e. The Morgan fingerprint density at radius 3 is 3.00 bits per heavy atom. The molecule has 5 nitrogen and oxygen atoms in total. The second-order valence-electron chi connectivity index (χ2n) is 7.84. The standard InChI is InChI=1S/C21H25N3O2/c1-2-21-9-5-10-23-11-8-16-15-6-3-4-7-17(15)24(18(16)19(21)23)14(12-21)13-26-20(22)25/h3-4,6-7,12,19H,2,5,8-11,13H2,1H3,(H2,22,25)/t19-,21+/m1/s1. The average molecular weight is 351 g/mol. The number of piperidine rings is 1. The molecule has 0 radical (unpaired) electrons. The molecule has 1 saturated heterocycles. The Labute approximate surface area is 153 Å². The minimum absolute atomic E-state index is 0.119. The van der Waals surface area contributed by atoms with E-state index in [-0.39, 0.29) is 12.0 Å². The average Bonchev–Trinajstić information content (AvgIpc) is 3.00. The number of ether oxygens (including phenoxy) is 1. The van der Waals surface area contributed by atoms with E-state index in [0.717, 1.165) is 25.1 Å². The maximum atomic E-state index is 11.3. The van der Waals surface area contributed by atoms with Gasteiger partial charge in [-0.2, -0.15) is 0 Å². The summed E-state index contributed by atoms with van der Waals surface area (Å²) in [6.45, 7) is 4.83. The van der Waals surface area contributed by atoms with Gasteiger partial charge in [0.1, 0.15) is 6.61 Å². The lowest BCUT2D eigenvalue weighted by Crippen LogP contribution is -2.50. The number of carbonyl (C=O) groups is 1. The number of nitrogens with zero attached hydrogens (tertiary/aromatic N) is 2. The van der Waals surface area contributed by atoms with Crippen LogP contribution in [0.15, 0.2) is 30.3 Å². The second kappa shape index (κ2) is 5.61. The maximum Gasteiger partial charge on any atom is 0.404 e. The first-order valence-corrected chi connectivity index (χ1v) is 9.65. The van der Waals surface area contributed by atoms with Crippen LogP contribution in [0.2, 0.25) is 0 Å². The van der Waals surface area contributed by atoms with E-state index in [1.807, 2.05) is 0 Å². The third kappa shape index (κ3) is 2.04. The van der Waals surface area contributed by atoms with Gasteiger partial charge in [-0.1, -0.05) is 31.2 Å². The van der Waals surface area contributed by atoms with Gasteiger partial charge < -0.3 is 15.0 Å². The highest BCUT2D eigenvalue weighted by Crippen LogP contribution is 2.56. The molecule has 0 spiro atoms. The van der Waals surface area contributed by atoms with Crippen molar-refractivity contribution in [1.29, 1.82) is 0 Å². The molecule has 4 heterocycles. The van der Waals surface area contributed by atoms with Gasteiger partial charge in [-0.15, -0.1) is 0 Å². The SMILES string of the molecule is CC[C@@]12C=C(COC(N)=O)n3c4c(c5ccccc53)CCN(CCC1)[C@H]42. The number of amides is 1. The Kier molecular flexibility index (Phi) is 3.44. The number of carbonyl (C=O) groups excluding carboxylic acids is 1. The van der Waals surface area contributed by atoms with Gasteiger partial charge in [0, 0.05) is 23.0 Å². The molecule has 2 N–H and O–H groups in total. The highest BCUT2D eigenvalue weighted by atomic mass is 16.5. The summed E-state index contributed by atoms with van der Waals surface area (Å²) >= 11 is 0. The van der Waals surface area contributed by atoms with E-state index in [9.17, 15) is 4.79 Å². The molecule has 26 heavy (non-hydrogen) atoms. The fourth-order valence-electron chi connectivity index (χ4n) is 5.64. The molecule has 0 aliphatic carbocycles. The summed E-state index contributed by atoms with van der Waals surface area (Å²) in [7, 11) is 0. The van der Waals surface area contributed by atoms with Crippen molar-refractivity contribution in [2.24, 2.45) is 11.1 Å². The monoisotopic (exact) mass is 351 g/mol. The third-order valence-electron chi connectivity index (χ3n) is 6.69. The predicted octanol–water partition coefficient (Wildman–Crippen LogP) is 3.68. The molecule has 2 aromatic rings. The largest absolute Gasteiger partial charge is 0.443 e. The Bertz CT molecular complexity index is 929. The predicted molar refractivity (Wildman–Crippen MR) is 102 cm³/mol. The number of aromatic nitrogens is 1. The van der Waals surface area contributed by atoms with Crippen LogP contribution >= 0.6 is 0 Å². The minimum Gasteiger partial charge on any atom is -0.443 e. The van der Waals surface area contributed by atoms with Crippen LogP contribution in [-0.2, 0) is 11.2 Å². The highest BCUT2D eigenvalue weighted by Gasteiger charge is 2.50.